The van der Waals surface area contributed by atoms with Crippen LogP contribution in [0.4, 0.5) is 5.69 Å². The number of nitrogens with one attached hydrogen (secondary N) is 1. The lowest BCUT2D eigenvalue weighted by Crippen LogP contribution is -2.36. The first-order chi connectivity index (χ1) is 15.0. The number of rotatable bonds is 6. The fourth-order valence-electron chi connectivity index (χ4n) is 5.02. The molecule has 1 saturated carbocycles. The quantitative estimate of drug-likeness (QED) is 0.657. The number of benzene rings is 1. The topological polar surface area (TPSA) is 61.6 Å². The van der Waals surface area contributed by atoms with Gasteiger partial charge in [-0.15, -0.1) is 0 Å². The van der Waals surface area contributed by atoms with Crippen LogP contribution in [0, 0.1) is 11.3 Å². The fraction of sp³-hybridized carbons (Fsp3) is 0.440. The number of piperidine rings is 1. The summed E-state index contributed by atoms with van der Waals surface area (Å²) < 4.78 is 5.63. The summed E-state index contributed by atoms with van der Waals surface area (Å²) in [6, 6.07) is 12.6. The minimum Gasteiger partial charge on any atom is -0.449 e. The van der Waals surface area contributed by atoms with Gasteiger partial charge in [-0.1, -0.05) is 12.1 Å². The van der Waals surface area contributed by atoms with Gasteiger partial charge in [0.25, 0.3) is 5.91 Å². The summed E-state index contributed by atoms with van der Waals surface area (Å²) >= 11 is 0. The van der Waals surface area contributed by atoms with Crippen LogP contribution in [0.3, 0.4) is 0 Å². The first-order valence-corrected chi connectivity index (χ1v) is 11.1. The molecule has 1 spiro atoms. The number of nitrogens with zero attached hydrogens (tertiary/aromatic N) is 3. The summed E-state index contributed by atoms with van der Waals surface area (Å²) in [6.45, 7) is 3.89. The predicted octanol–water partition coefficient (Wildman–Crippen LogP) is 3.93. The number of carbonyl (C=O) groups is 1. The van der Waals surface area contributed by atoms with E-state index in [1.54, 1.807) is 18.5 Å². The Morgan fingerprint density at radius 3 is 2.71 bits per heavy atom. The first-order valence-electron chi connectivity index (χ1n) is 11.1. The Morgan fingerprint density at radius 2 is 2.00 bits per heavy atom. The van der Waals surface area contributed by atoms with Crippen molar-refractivity contribution in [2.24, 2.45) is 11.3 Å². The van der Waals surface area contributed by atoms with Crippen LogP contribution >= 0.6 is 0 Å². The number of aromatic nitrogens is 1. The van der Waals surface area contributed by atoms with Gasteiger partial charge in [0.05, 0.1) is 6.20 Å². The van der Waals surface area contributed by atoms with E-state index >= 15 is 0 Å². The van der Waals surface area contributed by atoms with Crippen molar-refractivity contribution in [3.8, 4) is 0 Å². The molecule has 1 saturated heterocycles. The Kier molecular flexibility index (Phi) is 5.18. The molecule has 2 aliphatic rings. The first kappa shape index (κ1) is 20.1. The molecule has 1 N–H and O–H groups in total. The summed E-state index contributed by atoms with van der Waals surface area (Å²) in [5.41, 5.74) is 3.73. The second-order valence-electron chi connectivity index (χ2n) is 9.39. The minimum absolute atomic E-state index is 0.131. The van der Waals surface area contributed by atoms with Gasteiger partial charge in [0.2, 0.25) is 0 Å². The van der Waals surface area contributed by atoms with Gasteiger partial charge in [-0.2, -0.15) is 0 Å². The lowest BCUT2D eigenvalue weighted by molar-refractivity contribution is 0.0924. The molecule has 1 atom stereocenters. The number of anilines is 1. The van der Waals surface area contributed by atoms with Gasteiger partial charge in [0.15, 0.2) is 11.3 Å². The number of amides is 1. The highest BCUT2D eigenvalue weighted by atomic mass is 16.3. The maximum absolute atomic E-state index is 12.5. The summed E-state index contributed by atoms with van der Waals surface area (Å²) in [5.74, 6) is 0.811. The Morgan fingerprint density at radius 1 is 1.23 bits per heavy atom. The van der Waals surface area contributed by atoms with Crippen LogP contribution in [0.5, 0.6) is 0 Å². The standard InChI is InChI=1S/C25H30N4O2/c1-28(2)17-18-3-5-21(6-4-18)29-11-8-25(9-12-29)14-20(25)15-27-24(30)22-13-19-7-10-26-16-23(19)31-22/h3-7,10,13,16,20H,8-9,11-12,14-15,17H2,1-2H3,(H,27,30). The highest BCUT2D eigenvalue weighted by molar-refractivity contribution is 5.95. The molecule has 1 unspecified atom stereocenters. The maximum atomic E-state index is 12.5. The molecular formula is C25H30N4O2. The molecular weight excluding hydrogens is 388 g/mol. The van der Waals surface area contributed by atoms with Gasteiger partial charge < -0.3 is 19.5 Å². The van der Waals surface area contributed by atoms with Gasteiger partial charge in [-0.05, 0) is 74.5 Å². The number of hydrogen-bond acceptors (Lipinski definition) is 5. The van der Waals surface area contributed by atoms with Crippen molar-refractivity contribution in [2.75, 3.05) is 38.6 Å². The van der Waals surface area contributed by atoms with Crippen molar-refractivity contribution in [1.29, 1.82) is 0 Å². The van der Waals surface area contributed by atoms with Gasteiger partial charge in [-0.25, -0.2) is 0 Å². The van der Waals surface area contributed by atoms with E-state index in [1.807, 2.05) is 6.07 Å². The van der Waals surface area contributed by atoms with Crippen molar-refractivity contribution in [3.63, 3.8) is 0 Å². The number of pyridine rings is 1. The van der Waals surface area contributed by atoms with Crippen LogP contribution in [0.1, 0.15) is 35.4 Å². The van der Waals surface area contributed by atoms with Gasteiger partial charge >= 0.3 is 0 Å². The SMILES string of the molecule is CN(C)Cc1ccc(N2CCC3(CC2)CC3CNC(=O)c2cc3ccncc3o2)cc1. The highest BCUT2D eigenvalue weighted by Crippen LogP contribution is 2.59. The van der Waals surface area contributed by atoms with Crippen molar-refractivity contribution < 1.29 is 9.21 Å². The Hall–Kier alpha value is -2.86. The summed E-state index contributed by atoms with van der Waals surface area (Å²) in [4.78, 5) is 21.2. The molecule has 0 bridgehead atoms. The van der Waals surface area contributed by atoms with Crippen molar-refractivity contribution >= 4 is 22.6 Å². The Labute approximate surface area is 183 Å². The van der Waals surface area contributed by atoms with E-state index in [1.165, 1.54) is 30.5 Å². The molecule has 2 aromatic heterocycles. The molecule has 31 heavy (non-hydrogen) atoms. The van der Waals surface area contributed by atoms with Crippen molar-refractivity contribution in [3.05, 3.63) is 60.1 Å². The summed E-state index contributed by atoms with van der Waals surface area (Å²) in [6.07, 6.45) is 6.96. The molecule has 6 nitrogen and oxygen atoms in total. The predicted molar refractivity (Wildman–Crippen MR) is 122 cm³/mol. The van der Waals surface area contributed by atoms with Crippen molar-refractivity contribution in [2.45, 2.75) is 25.8 Å². The molecule has 1 aromatic carbocycles. The minimum atomic E-state index is -0.131. The molecule has 162 valence electrons. The zero-order valence-corrected chi connectivity index (χ0v) is 18.3. The normalized spacial score (nSPS) is 19.8. The zero-order valence-electron chi connectivity index (χ0n) is 18.3. The van der Waals surface area contributed by atoms with Crippen LogP contribution in [0.2, 0.25) is 0 Å². The van der Waals surface area contributed by atoms with E-state index in [0.29, 0.717) is 22.7 Å². The average molecular weight is 419 g/mol. The lowest BCUT2D eigenvalue weighted by atomic mass is 9.90. The molecule has 1 aliphatic carbocycles. The van der Waals surface area contributed by atoms with Crippen LogP contribution in [-0.2, 0) is 6.54 Å². The molecule has 1 amide bonds. The smallest absolute Gasteiger partial charge is 0.287 e. The maximum Gasteiger partial charge on any atom is 0.287 e. The molecule has 3 heterocycles. The summed E-state index contributed by atoms with van der Waals surface area (Å²) in [5, 5.41) is 3.99. The number of carbonyl (C=O) groups excluding carboxylic acids is 1. The molecule has 6 heteroatoms. The number of fused-ring (bicyclic) bond motifs is 1. The van der Waals surface area contributed by atoms with Crippen LogP contribution in [-0.4, -0.2) is 49.5 Å². The van der Waals surface area contributed by atoms with Gasteiger partial charge in [0, 0.05) is 43.4 Å². The van der Waals surface area contributed by atoms with E-state index < -0.39 is 0 Å². The summed E-state index contributed by atoms with van der Waals surface area (Å²) in [7, 11) is 4.20. The van der Waals surface area contributed by atoms with E-state index in [4.69, 9.17) is 4.42 Å². The van der Waals surface area contributed by atoms with E-state index in [9.17, 15) is 4.79 Å². The molecule has 5 rings (SSSR count). The molecule has 3 aromatic rings. The number of hydrogen-bond donors (Lipinski definition) is 1. The van der Waals surface area contributed by atoms with Crippen molar-refractivity contribution in [1.82, 2.24) is 15.2 Å². The third kappa shape index (κ3) is 4.17. The second-order valence-corrected chi connectivity index (χ2v) is 9.39. The fourth-order valence-corrected chi connectivity index (χ4v) is 5.02. The Bertz CT molecular complexity index is 1030. The van der Waals surface area contributed by atoms with Crippen LogP contribution in [0.25, 0.3) is 11.0 Å². The lowest BCUT2D eigenvalue weighted by Gasteiger charge is -2.34. The molecule has 1 aliphatic heterocycles. The largest absolute Gasteiger partial charge is 0.449 e. The monoisotopic (exact) mass is 418 g/mol. The third-order valence-electron chi connectivity index (χ3n) is 6.97. The zero-order chi connectivity index (χ0) is 21.4. The highest BCUT2D eigenvalue weighted by Gasteiger charge is 2.54. The van der Waals surface area contributed by atoms with E-state index in [2.05, 4.69) is 58.5 Å². The van der Waals surface area contributed by atoms with E-state index in [0.717, 1.165) is 31.6 Å². The van der Waals surface area contributed by atoms with Gasteiger partial charge in [0.1, 0.15) is 0 Å². The van der Waals surface area contributed by atoms with Gasteiger partial charge in [-0.3, -0.25) is 9.78 Å². The Balaban J connectivity index is 1.11. The van der Waals surface area contributed by atoms with E-state index in [-0.39, 0.29) is 5.91 Å². The second kappa shape index (κ2) is 8.00. The molecule has 0 radical (unpaired) electrons. The third-order valence-corrected chi connectivity index (χ3v) is 6.97. The average Bonchev–Trinajstić information content (AvgIpc) is 3.24. The van der Waals surface area contributed by atoms with Crippen LogP contribution in [0.15, 0.2) is 53.2 Å². The van der Waals surface area contributed by atoms with Crippen LogP contribution < -0.4 is 10.2 Å². The number of furan rings is 1. The molecule has 2 fully saturated rings.